The number of nitrogen functional groups attached to an aromatic ring is 1. The van der Waals surface area contributed by atoms with Crippen LogP contribution in [-0.2, 0) is 9.47 Å². The van der Waals surface area contributed by atoms with Crippen LogP contribution in [0.5, 0.6) is 0 Å². The fourth-order valence-corrected chi connectivity index (χ4v) is 1.58. The molecule has 1 aromatic heterocycles. The number of hydrogen-bond acceptors (Lipinski definition) is 4. The Morgan fingerprint density at radius 2 is 1.75 bits per heavy atom. The minimum absolute atomic E-state index is 0.347. The first-order valence-corrected chi connectivity index (χ1v) is 5.38. The number of nitrogens with two attached hydrogens (primary N) is 1. The molecular formula is C12H18N2O2. The molecule has 1 fully saturated rings. The van der Waals surface area contributed by atoms with Crippen LogP contribution in [0.3, 0.4) is 0 Å². The summed E-state index contributed by atoms with van der Waals surface area (Å²) in [7, 11) is 0. The van der Waals surface area contributed by atoms with Crippen LogP contribution in [0.15, 0.2) is 18.5 Å². The van der Waals surface area contributed by atoms with E-state index in [1.54, 1.807) is 18.5 Å². The average molecular weight is 222 g/mol. The standard InChI is InChI=1S/C12H18N2O2/c1-11(2)12(3,4)16-10(15-11)8-7-14-6-5-9(8)13/h5-7,10H,1-4H3,(H2,13,14). The van der Waals surface area contributed by atoms with Crippen LogP contribution in [-0.4, -0.2) is 16.2 Å². The van der Waals surface area contributed by atoms with Gasteiger partial charge in [0, 0.05) is 23.6 Å². The zero-order valence-electron chi connectivity index (χ0n) is 10.2. The third kappa shape index (κ3) is 1.68. The van der Waals surface area contributed by atoms with Crippen molar-refractivity contribution in [3.05, 3.63) is 24.0 Å². The second-order valence-electron chi connectivity index (χ2n) is 5.09. The lowest BCUT2D eigenvalue weighted by atomic mass is 9.90. The van der Waals surface area contributed by atoms with Crippen molar-refractivity contribution in [2.24, 2.45) is 0 Å². The average Bonchev–Trinajstić information content (AvgIpc) is 2.36. The first-order chi connectivity index (χ1) is 7.33. The van der Waals surface area contributed by atoms with Gasteiger partial charge in [-0.2, -0.15) is 0 Å². The van der Waals surface area contributed by atoms with Crippen LogP contribution in [0.25, 0.3) is 0 Å². The summed E-state index contributed by atoms with van der Waals surface area (Å²) in [6, 6.07) is 1.75. The maximum Gasteiger partial charge on any atom is 0.188 e. The van der Waals surface area contributed by atoms with Crippen molar-refractivity contribution in [1.82, 2.24) is 4.98 Å². The van der Waals surface area contributed by atoms with E-state index in [-0.39, 0.29) is 11.2 Å². The maximum absolute atomic E-state index is 5.89. The molecule has 1 aliphatic heterocycles. The molecule has 1 saturated heterocycles. The summed E-state index contributed by atoms with van der Waals surface area (Å²) in [5, 5.41) is 0. The highest BCUT2D eigenvalue weighted by molar-refractivity contribution is 5.45. The van der Waals surface area contributed by atoms with Gasteiger partial charge in [0.25, 0.3) is 0 Å². The van der Waals surface area contributed by atoms with Gasteiger partial charge in [-0.15, -0.1) is 0 Å². The number of aromatic nitrogens is 1. The summed E-state index contributed by atoms with van der Waals surface area (Å²) >= 11 is 0. The van der Waals surface area contributed by atoms with E-state index in [9.17, 15) is 0 Å². The minimum Gasteiger partial charge on any atom is -0.398 e. The lowest BCUT2D eigenvalue weighted by Gasteiger charge is -2.30. The molecule has 2 rings (SSSR count). The summed E-state index contributed by atoms with van der Waals surface area (Å²) in [4.78, 5) is 4.05. The van der Waals surface area contributed by atoms with E-state index in [4.69, 9.17) is 15.2 Å². The van der Waals surface area contributed by atoms with Gasteiger partial charge < -0.3 is 15.2 Å². The van der Waals surface area contributed by atoms with Gasteiger partial charge in [0.05, 0.1) is 11.2 Å². The lowest BCUT2D eigenvalue weighted by molar-refractivity contribution is -0.0892. The molecule has 0 unspecified atom stereocenters. The van der Waals surface area contributed by atoms with Crippen LogP contribution < -0.4 is 5.73 Å². The predicted molar refractivity (Wildman–Crippen MR) is 61.7 cm³/mol. The van der Waals surface area contributed by atoms with Gasteiger partial charge in [-0.3, -0.25) is 4.98 Å². The molecule has 0 saturated carbocycles. The van der Waals surface area contributed by atoms with Gasteiger partial charge in [-0.25, -0.2) is 0 Å². The normalized spacial score (nSPS) is 23.5. The predicted octanol–water partition coefficient (Wildman–Crippen LogP) is 2.27. The molecule has 1 aliphatic rings. The van der Waals surface area contributed by atoms with E-state index in [2.05, 4.69) is 4.98 Å². The van der Waals surface area contributed by atoms with Crippen molar-refractivity contribution in [3.63, 3.8) is 0 Å². The van der Waals surface area contributed by atoms with Gasteiger partial charge in [-0.05, 0) is 33.8 Å². The molecule has 0 radical (unpaired) electrons. The monoisotopic (exact) mass is 222 g/mol. The van der Waals surface area contributed by atoms with Crippen LogP contribution in [0.1, 0.15) is 39.5 Å². The Kier molecular flexibility index (Phi) is 2.44. The smallest absolute Gasteiger partial charge is 0.188 e. The summed E-state index contributed by atoms with van der Waals surface area (Å²) in [6.45, 7) is 8.05. The highest BCUT2D eigenvalue weighted by Gasteiger charge is 2.49. The van der Waals surface area contributed by atoms with Crippen molar-refractivity contribution in [3.8, 4) is 0 Å². The van der Waals surface area contributed by atoms with E-state index in [1.807, 2.05) is 27.7 Å². The van der Waals surface area contributed by atoms with Gasteiger partial charge in [-0.1, -0.05) is 0 Å². The Labute approximate surface area is 95.8 Å². The van der Waals surface area contributed by atoms with Gasteiger partial charge >= 0.3 is 0 Å². The largest absolute Gasteiger partial charge is 0.398 e. The number of hydrogen-bond donors (Lipinski definition) is 1. The number of anilines is 1. The highest BCUT2D eigenvalue weighted by atomic mass is 16.7. The molecule has 0 aromatic carbocycles. The Balaban J connectivity index is 2.31. The fraction of sp³-hybridized carbons (Fsp3) is 0.583. The second-order valence-corrected chi connectivity index (χ2v) is 5.09. The van der Waals surface area contributed by atoms with Crippen LogP contribution in [0, 0.1) is 0 Å². The SMILES string of the molecule is CC1(C)OC(c2cnccc2N)OC1(C)C. The quantitative estimate of drug-likeness (QED) is 0.791. The number of rotatable bonds is 1. The summed E-state index contributed by atoms with van der Waals surface area (Å²) in [5.41, 5.74) is 6.62. The molecule has 0 amide bonds. The minimum atomic E-state index is -0.432. The van der Waals surface area contributed by atoms with Crippen molar-refractivity contribution in [2.75, 3.05) is 5.73 Å². The molecule has 0 aliphatic carbocycles. The maximum atomic E-state index is 5.89. The molecule has 2 N–H and O–H groups in total. The van der Waals surface area contributed by atoms with Crippen molar-refractivity contribution < 1.29 is 9.47 Å². The molecule has 1 aromatic rings. The zero-order chi connectivity index (χ0) is 12.0. The summed E-state index contributed by atoms with van der Waals surface area (Å²) in [6.07, 6.45) is 2.92. The van der Waals surface area contributed by atoms with Gasteiger partial charge in [0.1, 0.15) is 0 Å². The summed E-state index contributed by atoms with van der Waals surface area (Å²) < 4.78 is 11.8. The molecule has 0 atom stereocenters. The van der Waals surface area contributed by atoms with Crippen molar-refractivity contribution >= 4 is 5.69 Å². The molecule has 0 bridgehead atoms. The van der Waals surface area contributed by atoms with Crippen LogP contribution in [0.4, 0.5) is 5.69 Å². The summed E-state index contributed by atoms with van der Waals surface area (Å²) in [5.74, 6) is 0. The number of nitrogens with zero attached hydrogens (tertiary/aromatic N) is 1. The molecule has 16 heavy (non-hydrogen) atoms. The third-order valence-electron chi connectivity index (χ3n) is 3.39. The zero-order valence-corrected chi connectivity index (χ0v) is 10.2. The van der Waals surface area contributed by atoms with E-state index in [1.165, 1.54) is 0 Å². The van der Waals surface area contributed by atoms with Crippen molar-refractivity contribution in [2.45, 2.75) is 45.2 Å². The Morgan fingerprint density at radius 3 is 2.25 bits per heavy atom. The second kappa shape index (κ2) is 3.43. The van der Waals surface area contributed by atoms with E-state index in [0.717, 1.165) is 5.56 Å². The lowest BCUT2D eigenvalue weighted by Crippen LogP contribution is -2.41. The van der Waals surface area contributed by atoms with Gasteiger partial charge in [0.15, 0.2) is 6.29 Å². The molecule has 0 spiro atoms. The van der Waals surface area contributed by atoms with Crippen LogP contribution >= 0.6 is 0 Å². The van der Waals surface area contributed by atoms with E-state index in [0.29, 0.717) is 5.69 Å². The number of pyridine rings is 1. The first-order valence-electron chi connectivity index (χ1n) is 5.38. The van der Waals surface area contributed by atoms with E-state index < -0.39 is 6.29 Å². The Bertz CT molecular complexity index is 386. The Hall–Kier alpha value is -1.13. The topological polar surface area (TPSA) is 57.4 Å². The fourth-order valence-electron chi connectivity index (χ4n) is 1.58. The molecule has 4 heteroatoms. The van der Waals surface area contributed by atoms with Gasteiger partial charge in [0.2, 0.25) is 0 Å². The highest BCUT2D eigenvalue weighted by Crippen LogP contribution is 2.45. The van der Waals surface area contributed by atoms with E-state index >= 15 is 0 Å². The number of ether oxygens (including phenoxy) is 2. The molecule has 88 valence electrons. The molecule has 2 heterocycles. The Morgan fingerprint density at radius 1 is 1.19 bits per heavy atom. The molecule has 4 nitrogen and oxygen atoms in total. The third-order valence-corrected chi connectivity index (χ3v) is 3.39. The van der Waals surface area contributed by atoms with Crippen LogP contribution in [0.2, 0.25) is 0 Å². The first kappa shape index (κ1) is 11.4. The molecular weight excluding hydrogens is 204 g/mol. The van der Waals surface area contributed by atoms with Crippen molar-refractivity contribution in [1.29, 1.82) is 0 Å².